The van der Waals surface area contributed by atoms with Gasteiger partial charge in [-0.15, -0.1) is 0 Å². The third-order valence-corrected chi connectivity index (χ3v) is 5.33. The lowest BCUT2D eigenvalue weighted by molar-refractivity contribution is -0.117. The molecule has 0 saturated heterocycles. The molecule has 0 bridgehead atoms. The lowest BCUT2D eigenvalue weighted by Crippen LogP contribution is -2.32. The molecule has 0 aliphatic carbocycles. The maximum atomic E-state index is 13.2. The largest absolute Gasteiger partial charge is 0.345 e. The van der Waals surface area contributed by atoms with Crippen molar-refractivity contribution in [1.29, 1.82) is 0 Å². The molecule has 1 N–H and O–H groups in total. The van der Waals surface area contributed by atoms with E-state index in [0.29, 0.717) is 32.7 Å². The van der Waals surface area contributed by atoms with Gasteiger partial charge in [-0.1, -0.05) is 35.3 Å². The highest BCUT2D eigenvalue weighted by Gasteiger charge is 2.23. The highest BCUT2D eigenvalue weighted by molar-refractivity contribution is 6.42. The van der Waals surface area contributed by atoms with E-state index in [2.05, 4.69) is 15.2 Å². The summed E-state index contributed by atoms with van der Waals surface area (Å²) in [6.07, 6.45) is -0.440. The first kappa shape index (κ1) is 23.4. The van der Waals surface area contributed by atoms with E-state index in [1.807, 2.05) is 0 Å². The maximum absolute atomic E-state index is 13.2. The number of nitrogens with zero attached hydrogens (tertiary/aromatic N) is 4. The Labute approximate surface area is 195 Å². The zero-order valence-electron chi connectivity index (χ0n) is 17.7. The second-order valence-electron chi connectivity index (χ2n) is 7.32. The monoisotopic (exact) mass is 473 g/mol. The molecule has 32 heavy (non-hydrogen) atoms. The number of H-pyrrole nitrogens is 1. The minimum absolute atomic E-state index is 0.0538. The minimum atomic E-state index is -0.515. The normalized spacial score (nSPS) is 10.7. The molecule has 0 atom stereocenters. The van der Waals surface area contributed by atoms with Crippen LogP contribution in [-0.2, 0) is 11.3 Å². The summed E-state index contributed by atoms with van der Waals surface area (Å²) in [5, 5.41) is 7.15. The van der Waals surface area contributed by atoms with Crippen molar-refractivity contribution in [1.82, 2.24) is 20.1 Å². The first-order valence-electron chi connectivity index (χ1n) is 9.64. The molecule has 0 radical (unpaired) electrons. The summed E-state index contributed by atoms with van der Waals surface area (Å²) in [5.74, 6) is -0.775. The second-order valence-corrected chi connectivity index (χ2v) is 8.14. The Morgan fingerprint density at radius 1 is 1.03 bits per heavy atom. The van der Waals surface area contributed by atoms with Crippen molar-refractivity contribution in [3.63, 3.8) is 0 Å². The average Bonchev–Trinajstić information content (AvgIpc) is 3.20. The van der Waals surface area contributed by atoms with Crippen molar-refractivity contribution in [3.05, 3.63) is 75.3 Å². The molecule has 8 nitrogen and oxygen atoms in total. The van der Waals surface area contributed by atoms with Crippen molar-refractivity contribution in [3.8, 4) is 0 Å². The summed E-state index contributed by atoms with van der Waals surface area (Å²) in [7, 11) is 3.29. The lowest BCUT2D eigenvalue weighted by Gasteiger charge is -2.24. The molecular formula is C22H21Cl2N5O3. The number of carbonyl (C=O) groups is 3. The van der Waals surface area contributed by atoms with Crippen LogP contribution >= 0.6 is 23.2 Å². The van der Waals surface area contributed by atoms with Gasteiger partial charge in [0, 0.05) is 25.3 Å². The number of amides is 2. The SMILES string of the molecule is Cc1nc(C(=O)CC(=O)N(Cc2ccc(Cl)c(Cl)c2)c2cccc(C(=O)N(C)C)c2)n[nH]1. The van der Waals surface area contributed by atoms with E-state index in [0.717, 1.165) is 0 Å². The number of aromatic nitrogens is 3. The minimum Gasteiger partial charge on any atom is -0.345 e. The molecule has 2 amide bonds. The summed E-state index contributed by atoms with van der Waals surface area (Å²) in [4.78, 5) is 45.0. The zero-order valence-corrected chi connectivity index (χ0v) is 19.2. The van der Waals surface area contributed by atoms with Crippen molar-refractivity contribution in [2.45, 2.75) is 19.9 Å². The highest BCUT2D eigenvalue weighted by Crippen LogP contribution is 2.26. The molecule has 0 fully saturated rings. The molecule has 3 aromatic rings. The van der Waals surface area contributed by atoms with E-state index >= 15 is 0 Å². The Hall–Kier alpha value is -3.23. The Bertz CT molecular complexity index is 1180. The first-order chi connectivity index (χ1) is 15.2. The zero-order chi connectivity index (χ0) is 23.4. The fraction of sp³-hybridized carbons (Fsp3) is 0.227. The van der Waals surface area contributed by atoms with E-state index < -0.39 is 18.1 Å². The van der Waals surface area contributed by atoms with Crippen molar-refractivity contribution in [2.24, 2.45) is 0 Å². The van der Waals surface area contributed by atoms with E-state index in [1.165, 1.54) is 9.80 Å². The van der Waals surface area contributed by atoms with Gasteiger partial charge in [0.05, 0.1) is 23.0 Å². The quantitative estimate of drug-likeness (QED) is 0.413. The van der Waals surface area contributed by atoms with Gasteiger partial charge in [-0.05, 0) is 42.8 Å². The third-order valence-electron chi connectivity index (χ3n) is 4.60. The molecule has 3 rings (SSSR count). The number of Topliss-reactive ketones (excluding diaryl/α,β-unsaturated/α-hetero) is 1. The highest BCUT2D eigenvalue weighted by atomic mass is 35.5. The van der Waals surface area contributed by atoms with Crippen LogP contribution in [0.3, 0.4) is 0 Å². The van der Waals surface area contributed by atoms with Crippen LogP contribution < -0.4 is 4.90 Å². The molecular weight excluding hydrogens is 453 g/mol. The topological polar surface area (TPSA) is 99.3 Å². The van der Waals surface area contributed by atoms with Crippen molar-refractivity contribution >= 4 is 46.5 Å². The number of ketones is 1. The molecule has 2 aromatic carbocycles. The molecule has 0 saturated carbocycles. The van der Waals surface area contributed by atoms with Gasteiger partial charge in [0.2, 0.25) is 17.5 Å². The van der Waals surface area contributed by atoms with Gasteiger partial charge in [-0.2, -0.15) is 5.10 Å². The Morgan fingerprint density at radius 3 is 2.41 bits per heavy atom. The van der Waals surface area contributed by atoms with Gasteiger partial charge in [-0.25, -0.2) is 4.98 Å². The Balaban J connectivity index is 1.94. The summed E-state index contributed by atoms with van der Waals surface area (Å²) in [6, 6.07) is 11.7. The summed E-state index contributed by atoms with van der Waals surface area (Å²) in [6.45, 7) is 1.78. The molecule has 10 heteroatoms. The molecule has 166 valence electrons. The molecule has 0 spiro atoms. The second kappa shape index (κ2) is 9.93. The fourth-order valence-corrected chi connectivity index (χ4v) is 3.31. The van der Waals surface area contributed by atoms with Crippen LogP contribution in [0.4, 0.5) is 5.69 Å². The number of aryl methyl sites for hydroxylation is 1. The van der Waals surface area contributed by atoms with Crippen LogP contribution in [0.5, 0.6) is 0 Å². The first-order valence-corrected chi connectivity index (χ1v) is 10.4. The number of anilines is 1. The van der Waals surface area contributed by atoms with Crippen LogP contribution in [0, 0.1) is 6.92 Å². The number of halogens is 2. The van der Waals surface area contributed by atoms with E-state index in [9.17, 15) is 14.4 Å². The van der Waals surface area contributed by atoms with Gasteiger partial charge in [-0.3, -0.25) is 19.5 Å². The predicted octanol–water partition coefficient (Wildman–Crippen LogP) is 3.93. The molecule has 0 unspecified atom stereocenters. The predicted molar refractivity (Wildman–Crippen MR) is 122 cm³/mol. The molecule has 1 aromatic heterocycles. The fourth-order valence-electron chi connectivity index (χ4n) is 2.99. The third kappa shape index (κ3) is 5.52. The Kier molecular flexibility index (Phi) is 7.27. The van der Waals surface area contributed by atoms with Crippen LogP contribution in [-0.4, -0.2) is 51.8 Å². The number of hydrogen-bond donors (Lipinski definition) is 1. The van der Waals surface area contributed by atoms with E-state index in [4.69, 9.17) is 23.2 Å². The summed E-state index contributed by atoms with van der Waals surface area (Å²) >= 11 is 12.1. The summed E-state index contributed by atoms with van der Waals surface area (Å²) in [5.41, 5.74) is 1.58. The van der Waals surface area contributed by atoms with Crippen molar-refractivity contribution in [2.75, 3.05) is 19.0 Å². The molecule has 0 aliphatic rings. The van der Waals surface area contributed by atoms with Crippen molar-refractivity contribution < 1.29 is 14.4 Å². The van der Waals surface area contributed by atoms with Gasteiger partial charge < -0.3 is 9.80 Å². The average molecular weight is 474 g/mol. The smallest absolute Gasteiger partial charge is 0.253 e. The number of carbonyl (C=O) groups excluding carboxylic acids is 3. The standard InChI is InChI=1S/C22H21Cl2N5O3/c1-13-25-21(27-26-13)19(30)11-20(31)29(12-14-7-8-17(23)18(24)9-14)16-6-4-5-15(10-16)22(32)28(2)3/h4-10H,11-12H2,1-3H3,(H,25,26,27). The van der Waals surface area contributed by atoms with Crippen LogP contribution in [0.1, 0.15) is 38.8 Å². The number of aromatic amines is 1. The number of rotatable bonds is 7. The van der Waals surface area contributed by atoms with E-state index in [-0.39, 0.29) is 18.3 Å². The van der Waals surface area contributed by atoms with Gasteiger partial charge in [0.15, 0.2) is 0 Å². The lowest BCUT2D eigenvalue weighted by atomic mass is 10.1. The number of hydrogen-bond acceptors (Lipinski definition) is 5. The number of nitrogens with one attached hydrogen (secondary N) is 1. The Morgan fingerprint density at radius 2 is 1.78 bits per heavy atom. The van der Waals surface area contributed by atoms with E-state index in [1.54, 1.807) is 63.5 Å². The van der Waals surface area contributed by atoms with Gasteiger partial charge >= 0.3 is 0 Å². The van der Waals surface area contributed by atoms with Gasteiger partial charge in [0.1, 0.15) is 5.82 Å². The van der Waals surface area contributed by atoms with Crippen LogP contribution in [0.25, 0.3) is 0 Å². The van der Waals surface area contributed by atoms with Crippen LogP contribution in [0.15, 0.2) is 42.5 Å². The molecule has 0 aliphatic heterocycles. The molecule has 1 heterocycles. The van der Waals surface area contributed by atoms with Gasteiger partial charge in [0.25, 0.3) is 5.91 Å². The van der Waals surface area contributed by atoms with Crippen LogP contribution in [0.2, 0.25) is 10.0 Å². The maximum Gasteiger partial charge on any atom is 0.253 e. The number of benzene rings is 2. The summed E-state index contributed by atoms with van der Waals surface area (Å²) < 4.78 is 0.